The number of hydrogen-bond acceptors (Lipinski definition) is 6. The molecule has 1 atom stereocenters. The van der Waals surface area contributed by atoms with Crippen LogP contribution in [0, 0.1) is 0 Å². The second-order valence-corrected chi connectivity index (χ2v) is 5.62. The predicted molar refractivity (Wildman–Crippen MR) is 78.3 cm³/mol. The van der Waals surface area contributed by atoms with Crippen molar-refractivity contribution in [2.75, 3.05) is 0 Å². The first-order chi connectivity index (χ1) is 10.6. The maximum absolute atomic E-state index is 11.2. The van der Waals surface area contributed by atoms with Crippen LogP contribution < -0.4 is 0 Å². The summed E-state index contributed by atoms with van der Waals surface area (Å²) in [5.41, 5.74) is -0.873. The molecular weight excluding hydrogens is 329 g/mol. The summed E-state index contributed by atoms with van der Waals surface area (Å²) < 4.78 is 1.51. The number of H-pyrrole nitrogens is 1. The summed E-state index contributed by atoms with van der Waals surface area (Å²) >= 11 is 12.2. The summed E-state index contributed by atoms with van der Waals surface area (Å²) in [6.45, 7) is 0.134. The highest BCUT2D eigenvalue weighted by molar-refractivity contribution is 6.35. The van der Waals surface area contributed by atoms with E-state index in [1.54, 1.807) is 18.2 Å². The molecule has 22 heavy (non-hydrogen) atoms. The van der Waals surface area contributed by atoms with Gasteiger partial charge in [-0.3, -0.25) is 0 Å². The van der Waals surface area contributed by atoms with Crippen molar-refractivity contribution < 1.29 is 5.11 Å². The van der Waals surface area contributed by atoms with E-state index in [-0.39, 0.29) is 13.0 Å². The average molecular weight is 340 g/mol. The van der Waals surface area contributed by atoms with Gasteiger partial charge in [0.05, 0.1) is 6.54 Å². The van der Waals surface area contributed by atoms with Crippen LogP contribution in [0.3, 0.4) is 0 Å². The zero-order valence-electron chi connectivity index (χ0n) is 11.2. The molecule has 10 heteroatoms. The molecule has 1 unspecified atom stereocenters. The lowest BCUT2D eigenvalue weighted by molar-refractivity contribution is 0.0133. The molecular formula is C12H11Cl2N7O. The van der Waals surface area contributed by atoms with E-state index in [4.69, 9.17) is 23.2 Å². The third kappa shape index (κ3) is 3.08. The molecule has 1 aromatic carbocycles. The minimum absolute atomic E-state index is 0.126. The molecule has 8 nitrogen and oxygen atoms in total. The Morgan fingerprint density at radius 2 is 2.18 bits per heavy atom. The van der Waals surface area contributed by atoms with Gasteiger partial charge in [-0.15, -0.1) is 5.10 Å². The Bertz CT molecular complexity index is 709. The normalized spacial score (nSPS) is 14.0. The number of nitrogens with zero attached hydrogens (tertiary/aromatic N) is 6. The molecule has 0 amide bonds. The molecule has 2 aromatic heterocycles. The molecule has 0 bridgehead atoms. The number of benzene rings is 1. The van der Waals surface area contributed by atoms with Crippen LogP contribution in [0.5, 0.6) is 0 Å². The van der Waals surface area contributed by atoms with E-state index in [2.05, 4.69) is 30.7 Å². The van der Waals surface area contributed by atoms with Gasteiger partial charge in [0.1, 0.15) is 18.3 Å². The van der Waals surface area contributed by atoms with Gasteiger partial charge in [0.2, 0.25) is 0 Å². The Hall–Kier alpha value is -2.03. The highest BCUT2D eigenvalue weighted by Gasteiger charge is 2.34. The molecule has 0 radical (unpaired) electrons. The molecule has 0 saturated heterocycles. The molecule has 0 aliphatic rings. The fourth-order valence-corrected chi connectivity index (χ4v) is 2.80. The topological polar surface area (TPSA) is 105 Å². The second-order valence-electron chi connectivity index (χ2n) is 4.77. The molecule has 3 rings (SSSR count). The summed E-state index contributed by atoms with van der Waals surface area (Å²) in [6, 6.07) is 4.91. The number of tetrazole rings is 1. The van der Waals surface area contributed by atoms with Gasteiger partial charge in [0.25, 0.3) is 0 Å². The van der Waals surface area contributed by atoms with Gasteiger partial charge >= 0.3 is 0 Å². The largest absolute Gasteiger partial charge is 0.383 e. The lowest BCUT2D eigenvalue weighted by Crippen LogP contribution is -2.35. The monoisotopic (exact) mass is 339 g/mol. The van der Waals surface area contributed by atoms with E-state index in [1.165, 1.54) is 17.3 Å². The Morgan fingerprint density at radius 3 is 2.82 bits per heavy atom. The molecule has 114 valence electrons. The van der Waals surface area contributed by atoms with Gasteiger partial charge in [0, 0.05) is 22.0 Å². The van der Waals surface area contributed by atoms with E-state index < -0.39 is 5.60 Å². The van der Waals surface area contributed by atoms with Crippen LogP contribution in [-0.4, -0.2) is 40.5 Å². The van der Waals surface area contributed by atoms with Crippen LogP contribution in [0.4, 0.5) is 0 Å². The zero-order chi connectivity index (χ0) is 15.6. The lowest BCUT2D eigenvalue weighted by atomic mass is 9.90. The molecule has 0 saturated carbocycles. The maximum atomic E-state index is 11.2. The van der Waals surface area contributed by atoms with Crippen molar-refractivity contribution in [3.63, 3.8) is 0 Å². The molecule has 2 N–H and O–H groups in total. The van der Waals surface area contributed by atoms with Gasteiger partial charge < -0.3 is 5.11 Å². The minimum atomic E-state index is -1.38. The van der Waals surface area contributed by atoms with Crippen molar-refractivity contribution in [3.8, 4) is 0 Å². The predicted octanol–water partition coefficient (Wildman–Crippen LogP) is 1.23. The van der Waals surface area contributed by atoms with Crippen molar-refractivity contribution in [2.45, 2.75) is 18.6 Å². The van der Waals surface area contributed by atoms with Gasteiger partial charge in [0.15, 0.2) is 5.82 Å². The summed E-state index contributed by atoms with van der Waals surface area (Å²) in [7, 11) is 0. The quantitative estimate of drug-likeness (QED) is 0.724. The average Bonchev–Trinajstić information content (AvgIpc) is 3.12. The summed E-state index contributed by atoms with van der Waals surface area (Å²) in [4.78, 5) is 3.87. The summed E-state index contributed by atoms with van der Waals surface area (Å²) in [6.07, 6.45) is 3.02. The van der Waals surface area contributed by atoms with E-state index in [1.807, 2.05) is 0 Å². The number of halogens is 2. The Balaban J connectivity index is 2.01. The van der Waals surface area contributed by atoms with E-state index >= 15 is 0 Å². The molecule has 2 heterocycles. The van der Waals surface area contributed by atoms with Gasteiger partial charge in [-0.05, 0) is 22.6 Å². The van der Waals surface area contributed by atoms with Crippen molar-refractivity contribution >= 4 is 23.2 Å². The first kappa shape index (κ1) is 14.9. The zero-order valence-corrected chi connectivity index (χ0v) is 12.7. The maximum Gasteiger partial charge on any atom is 0.151 e. The number of aromatic nitrogens is 7. The van der Waals surface area contributed by atoms with Crippen LogP contribution in [-0.2, 0) is 18.6 Å². The fourth-order valence-electron chi connectivity index (χ4n) is 2.22. The van der Waals surface area contributed by atoms with Crippen molar-refractivity contribution in [1.82, 2.24) is 35.4 Å². The van der Waals surface area contributed by atoms with Crippen LogP contribution in [0.1, 0.15) is 11.4 Å². The molecule has 0 aliphatic carbocycles. The lowest BCUT2D eigenvalue weighted by Gasteiger charge is -2.28. The first-order valence-corrected chi connectivity index (χ1v) is 7.05. The molecule has 0 aliphatic heterocycles. The van der Waals surface area contributed by atoms with Gasteiger partial charge in [-0.2, -0.15) is 5.10 Å². The number of nitrogens with one attached hydrogen (secondary N) is 1. The summed E-state index contributed by atoms with van der Waals surface area (Å²) in [5, 5.41) is 29.5. The SMILES string of the molecule is OC(Cc1nnn[nH]1)(Cn1cncn1)c1ccc(Cl)cc1Cl. The third-order valence-corrected chi connectivity index (χ3v) is 3.72. The Kier molecular flexibility index (Phi) is 4.06. The van der Waals surface area contributed by atoms with Crippen LogP contribution >= 0.6 is 23.2 Å². The number of aliphatic hydroxyl groups is 1. The van der Waals surface area contributed by atoms with Crippen molar-refractivity contribution in [3.05, 3.63) is 52.3 Å². The Labute approximate surface area is 135 Å². The highest BCUT2D eigenvalue weighted by atomic mass is 35.5. The highest BCUT2D eigenvalue weighted by Crippen LogP contribution is 2.33. The molecule has 3 aromatic rings. The van der Waals surface area contributed by atoms with Crippen LogP contribution in [0.25, 0.3) is 0 Å². The van der Waals surface area contributed by atoms with Gasteiger partial charge in [-0.25, -0.2) is 14.8 Å². The number of rotatable bonds is 5. The summed E-state index contributed by atoms with van der Waals surface area (Å²) in [5.74, 6) is 0.425. The number of aromatic amines is 1. The number of hydrogen-bond donors (Lipinski definition) is 2. The van der Waals surface area contributed by atoms with Crippen molar-refractivity contribution in [1.29, 1.82) is 0 Å². The Morgan fingerprint density at radius 1 is 1.32 bits per heavy atom. The second kappa shape index (κ2) is 5.99. The molecule has 0 fully saturated rings. The van der Waals surface area contributed by atoms with Crippen LogP contribution in [0.2, 0.25) is 10.0 Å². The smallest absolute Gasteiger partial charge is 0.151 e. The van der Waals surface area contributed by atoms with Gasteiger partial charge in [-0.1, -0.05) is 29.3 Å². The van der Waals surface area contributed by atoms with Crippen molar-refractivity contribution in [2.24, 2.45) is 0 Å². The van der Waals surface area contributed by atoms with E-state index in [0.29, 0.717) is 21.4 Å². The van der Waals surface area contributed by atoms with Crippen LogP contribution in [0.15, 0.2) is 30.9 Å². The van der Waals surface area contributed by atoms with E-state index in [9.17, 15) is 5.11 Å². The standard InChI is InChI=1S/C12H11Cl2N7O/c13-8-1-2-9(10(14)3-8)12(22,4-11-17-19-20-18-11)5-21-7-15-6-16-21/h1-3,6-7,22H,4-5H2,(H,17,18,19,20). The fraction of sp³-hybridized carbons (Fsp3) is 0.250. The first-order valence-electron chi connectivity index (χ1n) is 6.30. The molecule has 0 spiro atoms. The minimum Gasteiger partial charge on any atom is -0.383 e. The third-order valence-electron chi connectivity index (χ3n) is 3.17. The van der Waals surface area contributed by atoms with E-state index in [0.717, 1.165) is 0 Å².